The Morgan fingerprint density at radius 2 is 2.15 bits per heavy atom. The summed E-state index contributed by atoms with van der Waals surface area (Å²) in [6.07, 6.45) is 9.73. The Bertz CT molecular complexity index is 894. The van der Waals surface area contributed by atoms with E-state index in [0.29, 0.717) is 0 Å². The molecule has 2 aromatic rings. The Kier molecular flexibility index (Phi) is 4.75. The van der Waals surface area contributed by atoms with Crippen molar-refractivity contribution >= 4 is 23.1 Å². The van der Waals surface area contributed by atoms with E-state index in [4.69, 9.17) is 5.73 Å². The second-order valence-corrected chi connectivity index (χ2v) is 7.09. The lowest BCUT2D eigenvalue weighted by atomic mass is 9.98. The molecule has 0 saturated carbocycles. The molecule has 1 fully saturated rings. The van der Waals surface area contributed by atoms with Gasteiger partial charge in [0, 0.05) is 55.3 Å². The van der Waals surface area contributed by atoms with Crippen molar-refractivity contribution in [2.45, 2.75) is 38.6 Å². The van der Waals surface area contributed by atoms with Crippen molar-refractivity contribution in [3.63, 3.8) is 0 Å². The summed E-state index contributed by atoms with van der Waals surface area (Å²) < 4.78 is 0. The molecule has 0 radical (unpaired) electrons. The molecule has 140 valence electrons. The number of carbonyl (C=O) groups is 1. The molecule has 3 heterocycles. The number of rotatable bonds is 3. The third-order valence-electron chi connectivity index (χ3n) is 5.13. The molecule has 7 heteroatoms. The zero-order valence-corrected chi connectivity index (χ0v) is 15.5. The zero-order chi connectivity index (χ0) is 18.8. The van der Waals surface area contributed by atoms with Crippen LogP contribution in [0.3, 0.4) is 0 Å². The highest BCUT2D eigenvalue weighted by Gasteiger charge is 2.28. The predicted octanol–water partition coefficient (Wildman–Crippen LogP) is 1.94. The Balaban J connectivity index is 1.75. The summed E-state index contributed by atoms with van der Waals surface area (Å²) in [4.78, 5) is 26.9. The van der Waals surface area contributed by atoms with Gasteiger partial charge in [-0.2, -0.15) is 0 Å². The van der Waals surface area contributed by atoms with E-state index in [1.807, 2.05) is 12.3 Å². The number of fused-ring (bicyclic) bond motifs is 1. The molecule has 0 spiro atoms. The lowest BCUT2D eigenvalue weighted by Crippen LogP contribution is -2.35. The Labute approximate surface area is 158 Å². The normalized spacial score (nSPS) is 19.2. The molecule has 1 atom stereocenters. The summed E-state index contributed by atoms with van der Waals surface area (Å²) in [5, 5.41) is 3.04. The number of nitrogen functional groups attached to an aromatic ring is 1. The molecule has 4 rings (SSSR count). The highest BCUT2D eigenvalue weighted by molar-refractivity contribution is 5.87. The van der Waals surface area contributed by atoms with Gasteiger partial charge < -0.3 is 16.0 Å². The minimum Gasteiger partial charge on any atom is -0.369 e. The summed E-state index contributed by atoms with van der Waals surface area (Å²) in [5.41, 5.74) is 11.1. The van der Waals surface area contributed by atoms with Crippen molar-refractivity contribution in [1.29, 1.82) is 0 Å². The molecule has 7 nitrogen and oxygen atoms in total. The maximum Gasteiger partial charge on any atom is 0.220 e. The van der Waals surface area contributed by atoms with Crippen LogP contribution >= 0.6 is 0 Å². The number of carbonyl (C=O) groups excluding carboxylic acids is 1. The molecule has 0 bridgehead atoms. The molecule has 1 unspecified atom stereocenters. The van der Waals surface area contributed by atoms with E-state index in [2.05, 4.69) is 37.3 Å². The fourth-order valence-electron chi connectivity index (χ4n) is 4.00. The molecule has 1 saturated heterocycles. The highest BCUT2D eigenvalue weighted by Crippen LogP contribution is 2.37. The number of nitrogens with two attached hydrogens (primary N) is 1. The van der Waals surface area contributed by atoms with Gasteiger partial charge in [0.25, 0.3) is 0 Å². The number of pyridine rings is 1. The third kappa shape index (κ3) is 3.63. The summed E-state index contributed by atoms with van der Waals surface area (Å²) in [5.74, 6) is 0.295. The van der Waals surface area contributed by atoms with Crippen molar-refractivity contribution in [2.24, 2.45) is 0 Å². The van der Waals surface area contributed by atoms with Gasteiger partial charge in [0.2, 0.25) is 11.9 Å². The van der Waals surface area contributed by atoms with Crippen LogP contribution in [0.15, 0.2) is 30.6 Å². The van der Waals surface area contributed by atoms with Crippen molar-refractivity contribution < 1.29 is 4.79 Å². The SMILES string of the molecule is CC(=O)NC1CCN(c2ccnc3c2C(c2ccnc(N)n2)=CCCC3)C1. The number of allylic oxidation sites excluding steroid dienone is 1. The molecule has 0 aromatic carbocycles. The first-order chi connectivity index (χ1) is 13.1. The van der Waals surface area contributed by atoms with Gasteiger partial charge in [-0.15, -0.1) is 0 Å². The minimum absolute atomic E-state index is 0.0208. The summed E-state index contributed by atoms with van der Waals surface area (Å²) >= 11 is 0. The maximum absolute atomic E-state index is 11.4. The molecule has 1 aliphatic carbocycles. The topological polar surface area (TPSA) is 97.0 Å². The highest BCUT2D eigenvalue weighted by atomic mass is 16.1. The van der Waals surface area contributed by atoms with E-state index in [0.717, 1.165) is 67.0 Å². The number of aryl methyl sites for hydroxylation is 1. The zero-order valence-electron chi connectivity index (χ0n) is 15.5. The summed E-state index contributed by atoms with van der Waals surface area (Å²) in [7, 11) is 0. The van der Waals surface area contributed by atoms with E-state index >= 15 is 0 Å². The van der Waals surface area contributed by atoms with Gasteiger partial charge >= 0.3 is 0 Å². The Hall–Kier alpha value is -2.96. The second kappa shape index (κ2) is 7.34. The lowest BCUT2D eigenvalue weighted by Gasteiger charge is -2.24. The van der Waals surface area contributed by atoms with Gasteiger partial charge in [-0.1, -0.05) is 6.08 Å². The van der Waals surface area contributed by atoms with Gasteiger partial charge in [0.1, 0.15) is 0 Å². The van der Waals surface area contributed by atoms with Crippen LogP contribution in [0.2, 0.25) is 0 Å². The average Bonchev–Trinajstić information content (AvgIpc) is 2.98. The van der Waals surface area contributed by atoms with E-state index in [1.165, 1.54) is 0 Å². The van der Waals surface area contributed by atoms with Crippen LogP contribution in [0, 0.1) is 0 Å². The van der Waals surface area contributed by atoms with Gasteiger partial charge in [0.15, 0.2) is 0 Å². The maximum atomic E-state index is 11.4. The van der Waals surface area contributed by atoms with Crippen molar-refractivity contribution in [3.8, 4) is 0 Å². The smallest absolute Gasteiger partial charge is 0.220 e. The fourth-order valence-corrected chi connectivity index (χ4v) is 4.00. The first kappa shape index (κ1) is 17.5. The van der Waals surface area contributed by atoms with Crippen LogP contribution in [0.4, 0.5) is 11.6 Å². The van der Waals surface area contributed by atoms with Gasteiger partial charge in [-0.3, -0.25) is 9.78 Å². The molecule has 1 amide bonds. The quantitative estimate of drug-likeness (QED) is 0.864. The summed E-state index contributed by atoms with van der Waals surface area (Å²) in [6.45, 7) is 3.28. The first-order valence-corrected chi connectivity index (χ1v) is 9.41. The van der Waals surface area contributed by atoms with Gasteiger partial charge in [-0.05, 0) is 37.8 Å². The molecule has 1 aliphatic heterocycles. The third-order valence-corrected chi connectivity index (χ3v) is 5.13. The molecule has 3 N–H and O–H groups in total. The molecular weight excluding hydrogens is 340 g/mol. The van der Waals surface area contributed by atoms with E-state index < -0.39 is 0 Å². The Morgan fingerprint density at radius 1 is 1.30 bits per heavy atom. The number of aromatic nitrogens is 3. The average molecular weight is 364 g/mol. The molecule has 27 heavy (non-hydrogen) atoms. The molecule has 2 aliphatic rings. The van der Waals surface area contributed by atoms with Crippen molar-refractivity contribution in [3.05, 3.63) is 47.6 Å². The number of amides is 1. The fraction of sp³-hybridized carbons (Fsp3) is 0.400. The van der Waals surface area contributed by atoms with Crippen LogP contribution in [0.5, 0.6) is 0 Å². The van der Waals surface area contributed by atoms with Crippen LogP contribution in [-0.4, -0.2) is 40.0 Å². The number of anilines is 2. The standard InChI is InChI=1S/C20H24N6O/c1-13(27)24-14-8-11-26(12-14)18-7-10-22-17-5-3-2-4-15(19(17)18)16-6-9-23-20(21)25-16/h4,6-7,9-10,14H,2-3,5,8,11-12H2,1H3,(H,24,27)(H2,21,23,25). The van der Waals surface area contributed by atoms with E-state index in [-0.39, 0.29) is 17.9 Å². The van der Waals surface area contributed by atoms with E-state index in [9.17, 15) is 4.79 Å². The minimum atomic E-state index is 0.0208. The van der Waals surface area contributed by atoms with Crippen LogP contribution in [-0.2, 0) is 11.2 Å². The van der Waals surface area contributed by atoms with Gasteiger partial charge in [0.05, 0.1) is 11.4 Å². The monoisotopic (exact) mass is 364 g/mol. The second-order valence-electron chi connectivity index (χ2n) is 7.09. The van der Waals surface area contributed by atoms with Crippen LogP contribution in [0.25, 0.3) is 5.57 Å². The number of hydrogen-bond donors (Lipinski definition) is 2. The first-order valence-electron chi connectivity index (χ1n) is 9.41. The van der Waals surface area contributed by atoms with E-state index in [1.54, 1.807) is 13.1 Å². The van der Waals surface area contributed by atoms with Gasteiger partial charge in [-0.25, -0.2) is 9.97 Å². The molecule has 2 aromatic heterocycles. The van der Waals surface area contributed by atoms with Crippen molar-refractivity contribution in [2.75, 3.05) is 23.7 Å². The summed E-state index contributed by atoms with van der Waals surface area (Å²) in [6, 6.07) is 4.15. The Morgan fingerprint density at radius 3 is 2.96 bits per heavy atom. The van der Waals surface area contributed by atoms with Crippen LogP contribution < -0.4 is 16.0 Å². The van der Waals surface area contributed by atoms with Crippen LogP contribution in [0.1, 0.15) is 43.1 Å². The number of nitrogens with zero attached hydrogens (tertiary/aromatic N) is 4. The lowest BCUT2D eigenvalue weighted by molar-refractivity contribution is -0.119. The largest absolute Gasteiger partial charge is 0.369 e. The molecular formula is C20H24N6O. The number of hydrogen-bond acceptors (Lipinski definition) is 6. The predicted molar refractivity (Wildman–Crippen MR) is 105 cm³/mol. The number of nitrogens with one attached hydrogen (secondary N) is 1. The van der Waals surface area contributed by atoms with Crippen molar-refractivity contribution in [1.82, 2.24) is 20.3 Å².